The number of hydrogen-bond donors (Lipinski definition) is 2. The number of fused-ring (bicyclic) bond motifs is 1. The molecule has 1 fully saturated rings. The van der Waals surface area contributed by atoms with Crippen molar-refractivity contribution >= 4 is 11.0 Å². The van der Waals surface area contributed by atoms with Crippen molar-refractivity contribution in [1.29, 1.82) is 0 Å². The number of aliphatic hydroxyl groups excluding tert-OH is 1. The minimum absolute atomic E-state index is 0.302. The fourth-order valence-corrected chi connectivity index (χ4v) is 2.56. The highest BCUT2D eigenvalue weighted by Gasteiger charge is 2.41. The van der Waals surface area contributed by atoms with Crippen molar-refractivity contribution in [2.75, 3.05) is 13.2 Å². The van der Waals surface area contributed by atoms with Crippen molar-refractivity contribution in [3.8, 4) is 0 Å². The van der Waals surface area contributed by atoms with Gasteiger partial charge in [0, 0.05) is 30.6 Å². The van der Waals surface area contributed by atoms with Crippen LogP contribution in [0.5, 0.6) is 0 Å². The number of aliphatic hydroxyl groups is 1. The minimum atomic E-state index is 0.302. The molecule has 0 bridgehead atoms. The van der Waals surface area contributed by atoms with Crippen LogP contribution in [0.2, 0.25) is 0 Å². The smallest absolute Gasteiger partial charge is 0.134 e. The summed E-state index contributed by atoms with van der Waals surface area (Å²) in [5.74, 6) is 0. The number of furan rings is 1. The first-order chi connectivity index (χ1) is 8.83. The van der Waals surface area contributed by atoms with Crippen molar-refractivity contribution in [2.24, 2.45) is 5.41 Å². The number of benzene rings is 1. The summed E-state index contributed by atoms with van der Waals surface area (Å²) in [6.45, 7) is 2.13. The summed E-state index contributed by atoms with van der Waals surface area (Å²) in [5, 5.41) is 13.7. The van der Waals surface area contributed by atoms with Gasteiger partial charge in [0.25, 0.3) is 0 Å². The second-order valence-corrected chi connectivity index (χ2v) is 5.33. The quantitative estimate of drug-likeness (QED) is 0.822. The molecular weight excluding hydrogens is 226 g/mol. The predicted molar refractivity (Wildman–Crippen MR) is 71.3 cm³/mol. The third kappa shape index (κ3) is 2.28. The molecular formula is C15H19NO2. The molecule has 0 aliphatic heterocycles. The van der Waals surface area contributed by atoms with Gasteiger partial charge in [-0.3, -0.25) is 0 Å². The van der Waals surface area contributed by atoms with Crippen LogP contribution in [0, 0.1) is 5.41 Å². The van der Waals surface area contributed by atoms with Gasteiger partial charge in [-0.15, -0.1) is 0 Å². The predicted octanol–water partition coefficient (Wildman–Crippen LogP) is 2.69. The molecule has 2 N–H and O–H groups in total. The first kappa shape index (κ1) is 11.8. The van der Waals surface area contributed by atoms with Gasteiger partial charge in [-0.2, -0.15) is 0 Å². The topological polar surface area (TPSA) is 45.4 Å². The number of rotatable bonds is 6. The highest BCUT2D eigenvalue weighted by Crippen LogP contribution is 2.47. The second-order valence-electron chi connectivity index (χ2n) is 5.33. The summed E-state index contributed by atoms with van der Waals surface area (Å²) in [4.78, 5) is 0. The van der Waals surface area contributed by atoms with Crippen molar-refractivity contribution in [1.82, 2.24) is 5.32 Å². The summed E-state index contributed by atoms with van der Waals surface area (Å²) in [6, 6.07) is 8.11. The van der Waals surface area contributed by atoms with E-state index in [1.807, 2.05) is 24.5 Å². The van der Waals surface area contributed by atoms with E-state index in [-0.39, 0.29) is 0 Å². The molecule has 3 nitrogen and oxygen atoms in total. The lowest BCUT2D eigenvalue weighted by Gasteiger charge is -2.13. The Morgan fingerprint density at radius 3 is 2.89 bits per heavy atom. The highest BCUT2D eigenvalue weighted by atomic mass is 16.3. The van der Waals surface area contributed by atoms with E-state index in [1.165, 1.54) is 23.8 Å². The van der Waals surface area contributed by atoms with E-state index >= 15 is 0 Å². The van der Waals surface area contributed by atoms with Gasteiger partial charge >= 0.3 is 0 Å². The molecule has 1 aromatic carbocycles. The van der Waals surface area contributed by atoms with E-state index in [9.17, 15) is 0 Å². The molecule has 3 rings (SSSR count). The number of nitrogens with one attached hydrogen (secondary N) is 1. The Labute approximate surface area is 107 Å². The fourth-order valence-electron chi connectivity index (χ4n) is 2.56. The summed E-state index contributed by atoms with van der Waals surface area (Å²) >= 11 is 0. The molecule has 0 spiro atoms. The zero-order valence-corrected chi connectivity index (χ0v) is 10.5. The molecule has 2 aromatic rings. The largest absolute Gasteiger partial charge is 0.464 e. The molecule has 0 radical (unpaired) electrons. The van der Waals surface area contributed by atoms with Gasteiger partial charge in [0.1, 0.15) is 5.58 Å². The molecule has 1 aromatic heterocycles. The maximum absolute atomic E-state index is 9.02. The zero-order valence-electron chi connectivity index (χ0n) is 10.5. The van der Waals surface area contributed by atoms with Gasteiger partial charge < -0.3 is 14.8 Å². The Morgan fingerprint density at radius 2 is 2.11 bits per heavy atom. The van der Waals surface area contributed by atoms with Crippen LogP contribution in [0.4, 0.5) is 0 Å². The van der Waals surface area contributed by atoms with Crippen LogP contribution < -0.4 is 5.32 Å². The summed E-state index contributed by atoms with van der Waals surface area (Å²) < 4.78 is 5.51. The maximum Gasteiger partial charge on any atom is 0.134 e. The van der Waals surface area contributed by atoms with E-state index in [0.717, 1.165) is 25.1 Å². The summed E-state index contributed by atoms with van der Waals surface area (Å²) in [6.07, 6.45) is 5.24. The molecule has 18 heavy (non-hydrogen) atoms. The number of para-hydroxylation sites is 1. The molecule has 1 aliphatic carbocycles. The van der Waals surface area contributed by atoms with Crippen LogP contribution in [0.25, 0.3) is 11.0 Å². The second kappa shape index (κ2) is 4.75. The molecule has 3 heteroatoms. The van der Waals surface area contributed by atoms with Crippen LogP contribution in [0.15, 0.2) is 34.9 Å². The van der Waals surface area contributed by atoms with Crippen molar-refractivity contribution < 1.29 is 9.52 Å². The first-order valence-corrected chi connectivity index (χ1v) is 6.60. The Morgan fingerprint density at radius 1 is 1.28 bits per heavy atom. The Hall–Kier alpha value is -1.32. The third-order valence-electron chi connectivity index (χ3n) is 3.98. The van der Waals surface area contributed by atoms with E-state index in [1.54, 1.807) is 0 Å². The Kier molecular flexibility index (Phi) is 3.10. The van der Waals surface area contributed by atoms with E-state index < -0.39 is 0 Å². The van der Waals surface area contributed by atoms with Crippen LogP contribution in [0.3, 0.4) is 0 Å². The molecule has 96 valence electrons. The molecule has 1 heterocycles. The van der Waals surface area contributed by atoms with Gasteiger partial charge in [0.15, 0.2) is 0 Å². The van der Waals surface area contributed by atoms with Gasteiger partial charge in [-0.1, -0.05) is 18.2 Å². The van der Waals surface area contributed by atoms with Crippen molar-refractivity contribution in [2.45, 2.75) is 25.8 Å². The van der Waals surface area contributed by atoms with E-state index in [4.69, 9.17) is 9.52 Å². The van der Waals surface area contributed by atoms with Crippen LogP contribution in [-0.4, -0.2) is 18.3 Å². The molecule has 0 saturated heterocycles. The minimum Gasteiger partial charge on any atom is -0.464 e. The SMILES string of the molecule is OCCC1(CNCc2coc3ccccc23)CC1. The van der Waals surface area contributed by atoms with Gasteiger partial charge in [-0.25, -0.2) is 0 Å². The van der Waals surface area contributed by atoms with Gasteiger partial charge in [0.05, 0.1) is 6.26 Å². The van der Waals surface area contributed by atoms with Crippen LogP contribution >= 0.6 is 0 Å². The van der Waals surface area contributed by atoms with Crippen LogP contribution in [0.1, 0.15) is 24.8 Å². The average molecular weight is 245 g/mol. The lowest BCUT2D eigenvalue weighted by Crippen LogP contribution is -2.24. The van der Waals surface area contributed by atoms with Crippen molar-refractivity contribution in [3.63, 3.8) is 0 Å². The first-order valence-electron chi connectivity index (χ1n) is 6.60. The third-order valence-corrected chi connectivity index (χ3v) is 3.98. The van der Waals surface area contributed by atoms with E-state index in [2.05, 4.69) is 11.4 Å². The lowest BCUT2D eigenvalue weighted by molar-refractivity contribution is 0.245. The highest BCUT2D eigenvalue weighted by molar-refractivity contribution is 5.80. The van der Waals surface area contributed by atoms with Gasteiger partial charge in [0.2, 0.25) is 0 Å². The van der Waals surface area contributed by atoms with Gasteiger partial charge in [-0.05, 0) is 30.7 Å². The Bertz CT molecular complexity index is 528. The van der Waals surface area contributed by atoms with Crippen LogP contribution in [-0.2, 0) is 6.54 Å². The zero-order chi connectivity index (χ0) is 12.4. The summed E-state index contributed by atoms with van der Waals surface area (Å²) in [5.41, 5.74) is 2.53. The van der Waals surface area contributed by atoms with Crippen molar-refractivity contribution in [3.05, 3.63) is 36.1 Å². The molecule has 0 atom stereocenters. The molecule has 0 amide bonds. The normalized spacial score (nSPS) is 17.2. The standard InChI is InChI=1S/C15H19NO2/c17-8-7-15(5-6-15)11-16-9-12-10-18-14-4-2-1-3-13(12)14/h1-4,10,16-17H,5-9,11H2. The molecule has 1 aliphatic rings. The lowest BCUT2D eigenvalue weighted by atomic mass is 10.0. The average Bonchev–Trinajstić information content (AvgIpc) is 3.02. The monoisotopic (exact) mass is 245 g/mol. The van der Waals surface area contributed by atoms with E-state index in [0.29, 0.717) is 12.0 Å². The fraction of sp³-hybridized carbons (Fsp3) is 0.467. The summed E-state index contributed by atoms with van der Waals surface area (Å²) in [7, 11) is 0. The molecule has 0 unspecified atom stereocenters. The maximum atomic E-state index is 9.02. The molecule has 1 saturated carbocycles. The Balaban J connectivity index is 1.60. The number of hydrogen-bond acceptors (Lipinski definition) is 3.